The SMILES string of the molecule is CC(Nc1nc(NC2CC2)nc(C2=C(F)[C@@H](O)C(F)(F)CC2)n1)C(F)(F)F. The molecule has 1 unspecified atom stereocenters. The fourth-order valence-electron chi connectivity index (χ4n) is 2.44. The highest BCUT2D eigenvalue weighted by Crippen LogP contribution is 2.41. The van der Waals surface area contributed by atoms with Gasteiger partial charge < -0.3 is 15.7 Å². The van der Waals surface area contributed by atoms with Gasteiger partial charge in [-0.15, -0.1) is 0 Å². The van der Waals surface area contributed by atoms with Crippen LogP contribution in [0.2, 0.25) is 0 Å². The van der Waals surface area contributed by atoms with E-state index in [0.29, 0.717) is 0 Å². The van der Waals surface area contributed by atoms with E-state index in [1.165, 1.54) is 0 Å². The van der Waals surface area contributed by atoms with Crippen molar-refractivity contribution in [2.24, 2.45) is 0 Å². The van der Waals surface area contributed by atoms with Gasteiger partial charge in [0, 0.05) is 18.0 Å². The predicted molar refractivity (Wildman–Crippen MR) is 83.8 cm³/mol. The number of aliphatic hydroxyl groups is 1. The van der Waals surface area contributed by atoms with Crippen molar-refractivity contribution in [1.29, 1.82) is 0 Å². The van der Waals surface area contributed by atoms with Gasteiger partial charge in [-0.25, -0.2) is 13.2 Å². The average molecular weight is 397 g/mol. The Kier molecular flexibility index (Phi) is 4.95. The number of hydrogen-bond acceptors (Lipinski definition) is 6. The first-order valence-corrected chi connectivity index (χ1v) is 8.28. The number of nitrogens with one attached hydrogen (secondary N) is 2. The summed E-state index contributed by atoms with van der Waals surface area (Å²) < 4.78 is 79.5. The molecule has 27 heavy (non-hydrogen) atoms. The number of nitrogens with zero attached hydrogens (tertiary/aromatic N) is 3. The van der Waals surface area contributed by atoms with Gasteiger partial charge in [-0.2, -0.15) is 28.1 Å². The van der Waals surface area contributed by atoms with Crippen molar-refractivity contribution in [3.05, 3.63) is 11.7 Å². The lowest BCUT2D eigenvalue weighted by molar-refractivity contribution is -0.138. The van der Waals surface area contributed by atoms with Crippen molar-refractivity contribution >= 4 is 17.5 Å². The third-order valence-corrected chi connectivity index (χ3v) is 4.29. The number of alkyl halides is 5. The molecule has 0 aromatic carbocycles. The zero-order valence-corrected chi connectivity index (χ0v) is 14.1. The molecule has 6 nitrogen and oxygen atoms in total. The van der Waals surface area contributed by atoms with Crippen LogP contribution in [0.5, 0.6) is 0 Å². The molecule has 2 atom stereocenters. The molecule has 1 saturated carbocycles. The number of hydrogen-bond donors (Lipinski definition) is 3. The van der Waals surface area contributed by atoms with Crippen LogP contribution in [-0.4, -0.2) is 50.3 Å². The lowest BCUT2D eigenvalue weighted by Crippen LogP contribution is -2.37. The highest BCUT2D eigenvalue weighted by Gasteiger charge is 2.46. The Bertz CT molecular complexity index is 749. The first-order valence-electron chi connectivity index (χ1n) is 8.28. The van der Waals surface area contributed by atoms with E-state index in [2.05, 4.69) is 25.6 Å². The van der Waals surface area contributed by atoms with Gasteiger partial charge in [-0.3, -0.25) is 0 Å². The molecule has 3 N–H and O–H groups in total. The normalized spacial score (nSPS) is 23.9. The fourth-order valence-corrected chi connectivity index (χ4v) is 2.44. The highest BCUT2D eigenvalue weighted by molar-refractivity contribution is 5.66. The second-order valence-electron chi connectivity index (χ2n) is 6.62. The van der Waals surface area contributed by atoms with Gasteiger partial charge in [0.2, 0.25) is 11.9 Å². The molecule has 1 heterocycles. The molecular formula is C15H17F6N5O. The maximum Gasteiger partial charge on any atom is 0.408 e. The lowest BCUT2D eigenvalue weighted by atomic mass is 9.92. The van der Waals surface area contributed by atoms with Gasteiger partial charge >= 0.3 is 6.18 Å². The minimum absolute atomic E-state index is 0.0354. The number of anilines is 2. The van der Waals surface area contributed by atoms with Crippen LogP contribution in [0.1, 0.15) is 38.4 Å². The first kappa shape index (κ1) is 19.6. The Morgan fingerprint density at radius 2 is 1.78 bits per heavy atom. The zero-order valence-electron chi connectivity index (χ0n) is 14.1. The summed E-state index contributed by atoms with van der Waals surface area (Å²) in [5.41, 5.74) is -0.377. The molecule has 1 fully saturated rings. The van der Waals surface area contributed by atoms with Gasteiger partial charge in [-0.1, -0.05) is 0 Å². The third kappa shape index (κ3) is 4.42. The molecule has 2 aliphatic rings. The molecular weight excluding hydrogens is 380 g/mol. The summed E-state index contributed by atoms with van der Waals surface area (Å²) in [5.74, 6) is -6.09. The number of aromatic nitrogens is 3. The minimum Gasteiger partial charge on any atom is -0.380 e. The topological polar surface area (TPSA) is 83.0 Å². The highest BCUT2D eigenvalue weighted by atomic mass is 19.4. The summed E-state index contributed by atoms with van der Waals surface area (Å²) in [6, 6.07) is -1.96. The predicted octanol–water partition coefficient (Wildman–Crippen LogP) is 3.28. The van der Waals surface area contributed by atoms with Crippen LogP contribution < -0.4 is 10.6 Å². The quantitative estimate of drug-likeness (QED) is 0.662. The zero-order chi connectivity index (χ0) is 20.0. The molecule has 0 aliphatic heterocycles. The standard InChI is InChI=1S/C15H17F6N5O/c1-6(15(19,20)21)22-12-24-11(25-13(26-12)23-7-2-3-7)8-4-5-14(17,18)10(27)9(8)16/h6-7,10,27H,2-5H2,1H3,(H2,22,23,24,25,26)/t6?,10-/m1/s1. The van der Waals surface area contributed by atoms with E-state index in [1.807, 2.05) is 0 Å². The van der Waals surface area contributed by atoms with Crippen LogP contribution in [0.3, 0.4) is 0 Å². The summed E-state index contributed by atoms with van der Waals surface area (Å²) in [7, 11) is 0. The van der Waals surface area contributed by atoms with E-state index in [-0.39, 0.29) is 17.6 Å². The molecule has 3 rings (SSSR count). The minimum atomic E-state index is -4.58. The number of aliphatic hydroxyl groups excluding tert-OH is 1. The molecule has 1 aromatic rings. The smallest absolute Gasteiger partial charge is 0.380 e. The van der Waals surface area contributed by atoms with E-state index in [1.54, 1.807) is 0 Å². The van der Waals surface area contributed by atoms with Crippen LogP contribution >= 0.6 is 0 Å². The molecule has 0 amide bonds. The Balaban J connectivity index is 1.96. The molecule has 0 radical (unpaired) electrons. The molecule has 0 saturated heterocycles. The van der Waals surface area contributed by atoms with Crippen molar-refractivity contribution in [1.82, 2.24) is 15.0 Å². The molecule has 0 spiro atoms. The Morgan fingerprint density at radius 3 is 2.37 bits per heavy atom. The van der Waals surface area contributed by atoms with Crippen molar-refractivity contribution in [2.45, 2.75) is 62.9 Å². The molecule has 1 aromatic heterocycles. The van der Waals surface area contributed by atoms with Gasteiger partial charge in [-0.05, 0) is 26.2 Å². The van der Waals surface area contributed by atoms with Gasteiger partial charge in [0.25, 0.3) is 5.92 Å². The molecule has 150 valence electrons. The van der Waals surface area contributed by atoms with Crippen LogP contribution in [0, 0.1) is 0 Å². The largest absolute Gasteiger partial charge is 0.408 e. The fraction of sp³-hybridized carbons (Fsp3) is 0.667. The second-order valence-corrected chi connectivity index (χ2v) is 6.62. The van der Waals surface area contributed by atoms with E-state index in [0.717, 1.165) is 19.8 Å². The summed E-state index contributed by atoms with van der Waals surface area (Å²) in [6.45, 7) is 0.849. The molecule has 12 heteroatoms. The van der Waals surface area contributed by atoms with Crippen molar-refractivity contribution < 1.29 is 31.4 Å². The Labute approximate surface area is 150 Å². The van der Waals surface area contributed by atoms with E-state index in [9.17, 15) is 31.4 Å². The van der Waals surface area contributed by atoms with Crippen LogP contribution in [-0.2, 0) is 0 Å². The number of halogens is 6. The van der Waals surface area contributed by atoms with Gasteiger partial charge in [0.15, 0.2) is 11.9 Å². The lowest BCUT2D eigenvalue weighted by Gasteiger charge is -2.27. The van der Waals surface area contributed by atoms with Crippen molar-refractivity contribution in [3.63, 3.8) is 0 Å². The van der Waals surface area contributed by atoms with Crippen molar-refractivity contribution in [2.75, 3.05) is 10.6 Å². The second kappa shape index (κ2) is 6.80. The Morgan fingerprint density at radius 1 is 1.15 bits per heavy atom. The number of allylic oxidation sites excluding steroid dienone is 1. The monoisotopic (exact) mass is 397 g/mol. The van der Waals surface area contributed by atoms with Crippen LogP contribution in [0.15, 0.2) is 5.83 Å². The average Bonchev–Trinajstić information content (AvgIpc) is 3.35. The molecule has 0 bridgehead atoms. The van der Waals surface area contributed by atoms with E-state index >= 15 is 0 Å². The summed E-state index contributed by atoms with van der Waals surface area (Å²) in [4.78, 5) is 11.5. The van der Waals surface area contributed by atoms with Gasteiger partial charge in [0.1, 0.15) is 11.9 Å². The van der Waals surface area contributed by atoms with E-state index in [4.69, 9.17) is 0 Å². The van der Waals surface area contributed by atoms with Crippen molar-refractivity contribution in [3.8, 4) is 0 Å². The summed E-state index contributed by atoms with van der Waals surface area (Å²) in [5, 5.41) is 14.4. The molecule has 2 aliphatic carbocycles. The number of rotatable bonds is 5. The van der Waals surface area contributed by atoms with Crippen LogP contribution in [0.4, 0.5) is 38.2 Å². The summed E-state index contributed by atoms with van der Waals surface area (Å²) in [6.07, 6.45) is -6.92. The Hall–Kier alpha value is -2.11. The first-order chi connectivity index (χ1) is 12.5. The maximum absolute atomic E-state index is 14.2. The van der Waals surface area contributed by atoms with Crippen LogP contribution in [0.25, 0.3) is 5.57 Å². The summed E-state index contributed by atoms with van der Waals surface area (Å²) >= 11 is 0. The van der Waals surface area contributed by atoms with E-state index < -0.39 is 54.7 Å². The third-order valence-electron chi connectivity index (χ3n) is 4.29. The maximum atomic E-state index is 14.2. The van der Waals surface area contributed by atoms with Gasteiger partial charge in [0.05, 0.1) is 0 Å².